The van der Waals surface area contributed by atoms with E-state index >= 15 is 0 Å². The van der Waals surface area contributed by atoms with Gasteiger partial charge in [0.2, 0.25) is 0 Å². The maximum atomic E-state index is 7.81. The Morgan fingerprint density at radius 2 is 0.456 bits per heavy atom. The summed E-state index contributed by atoms with van der Waals surface area (Å²) in [5.74, 6) is 1.97. The fourth-order valence-electron chi connectivity index (χ4n) is 9.67. The van der Waals surface area contributed by atoms with Crippen LogP contribution >= 0.6 is 31.7 Å². The maximum Gasteiger partial charge on any atom is 0.139 e. The molecule has 11 rings (SSSR count). The fraction of sp³-hybridized carbons (Fsp3) is 0.0476. The van der Waals surface area contributed by atoms with Crippen LogP contribution in [0.25, 0.3) is 0 Å². The Bertz CT molecular complexity index is 2990. The summed E-state index contributed by atoms with van der Waals surface area (Å²) in [4.78, 5) is 0. The minimum atomic E-state index is -1.10. The zero-order valence-electron chi connectivity index (χ0n) is 38.1. The first-order valence-corrected chi connectivity index (χ1v) is 28.6. The summed E-state index contributed by atoms with van der Waals surface area (Å²) < 4.78 is 7.81. The normalized spacial score (nSPS) is 13.5. The number of ether oxygens (including phenoxy) is 1. The highest BCUT2D eigenvalue weighted by molar-refractivity contribution is 7.86. The van der Waals surface area contributed by atoms with Crippen molar-refractivity contribution in [3.8, 4) is 11.5 Å². The summed E-state index contributed by atoms with van der Waals surface area (Å²) in [6, 6.07) is 99.1. The molecule has 1 aliphatic rings. The van der Waals surface area contributed by atoms with Gasteiger partial charge in [0.05, 0.1) is 0 Å². The SMILES string of the molecule is CC1(C)c2cccc(P(c3ccccc3)c3ccccc3P(c3ccccc3)c3ccccc3)c2Oc2c(P(c3ccccc3)c3ccccc3P(c3ccccc3)c3ccccc3)cccc21. The van der Waals surface area contributed by atoms with Crippen molar-refractivity contribution in [3.63, 3.8) is 0 Å². The van der Waals surface area contributed by atoms with Crippen LogP contribution in [-0.2, 0) is 5.41 Å². The second kappa shape index (κ2) is 19.7. The third-order valence-electron chi connectivity index (χ3n) is 12.8. The minimum absolute atomic E-state index is 0.356. The van der Waals surface area contributed by atoms with E-state index in [4.69, 9.17) is 4.74 Å². The van der Waals surface area contributed by atoms with Gasteiger partial charge in [-0.1, -0.05) is 281 Å². The molecule has 0 aromatic heterocycles. The van der Waals surface area contributed by atoms with Gasteiger partial charge in [0.15, 0.2) is 0 Å². The first-order chi connectivity index (χ1) is 33.6. The third-order valence-corrected chi connectivity index (χ3v) is 23.2. The Hall–Kier alpha value is -6.28. The van der Waals surface area contributed by atoms with Crippen molar-refractivity contribution in [1.29, 1.82) is 0 Å². The summed E-state index contributed by atoms with van der Waals surface area (Å²) in [6.07, 6.45) is 0. The van der Waals surface area contributed by atoms with E-state index in [1.807, 2.05) is 0 Å². The Labute approximate surface area is 406 Å². The van der Waals surface area contributed by atoms with Crippen LogP contribution in [0.3, 0.4) is 0 Å². The molecule has 2 atom stereocenters. The Morgan fingerprint density at radius 1 is 0.235 bits per heavy atom. The molecular formula is C63H50OP4. The summed E-state index contributed by atoms with van der Waals surface area (Å²) in [5, 5.41) is 15.9. The van der Waals surface area contributed by atoms with E-state index < -0.39 is 31.7 Å². The number of hydrogen-bond donors (Lipinski definition) is 0. The molecular weight excluding hydrogens is 897 g/mol. The van der Waals surface area contributed by atoms with Gasteiger partial charge in [0, 0.05) is 27.2 Å². The van der Waals surface area contributed by atoms with Crippen molar-refractivity contribution in [1.82, 2.24) is 0 Å². The molecule has 0 amide bonds. The average molecular weight is 947 g/mol. The van der Waals surface area contributed by atoms with Gasteiger partial charge in [-0.3, -0.25) is 0 Å². The lowest BCUT2D eigenvalue weighted by Gasteiger charge is -2.39. The molecule has 0 aliphatic carbocycles. The lowest BCUT2D eigenvalue weighted by molar-refractivity contribution is 0.425. The number of rotatable bonds is 12. The predicted molar refractivity (Wildman–Crippen MR) is 300 cm³/mol. The van der Waals surface area contributed by atoms with Crippen LogP contribution in [0.5, 0.6) is 11.5 Å². The van der Waals surface area contributed by atoms with Gasteiger partial charge < -0.3 is 4.74 Å². The number of benzene rings is 10. The zero-order chi connectivity index (χ0) is 45.9. The topological polar surface area (TPSA) is 9.23 Å². The Morgan fingerprint density at radius 3 is 0.735 bits per heavy atom. The quantitative estimate of drug-likeness (QED) is 0.111. The van der Waals surface area contributed by atoms with Crippen LogP contribution in [-0.4, -0.2) is 0 Å². The van der Waals surface area contributed by atoms with Gasteiger partial charge in [-0.2, -0.15) is 0 Å². The van der Waals surface area contributed by atoms with E-state index in [0.29, 0.717) is 0 Å². The molecule has 0 radical (unpaired) electrons. The van der Waals surface area contributed by atoms with Gasteiger partial charge >= 0.3 is 0 Å². The minimum Gasteiger partial charge on any atom is -0.455 e. The molecule has 0 saturated carbocycles. The number of hydrogen-bond acceptors (Lipinski definition) is 1. The Kier molecular flexibility index (Phi) is 12.8. The number of para-hydroxylation sites is 2. The van der Waals surface area contributed by atoms with Crippen LogP contribution in [0.1, 0.15) is 25.0 Å². The van der Waals surface area contributed by atoms with Gasteiger partial charge in [-0.05, 0) is 84.7 Å². The van der Waals surface area contributed by atoms with E-state index in [9.17, 15) is 0 Å². The maximum absolute atomic E-state index is 7.81. The molecule has 10 aromatic rings. The van der Waals surface area contributed by atoms with Crippen molar-refractivity contribution in [3.05, 3.63) is 278 Å². The van der Waals surface area contributed by atoms with E-state index in [0.717, 1.165) is 11.5 Å². The van der Waals surface area contributed by atoms with Crippen molar-refractivity contribution in [2.75, 3.05) is 0 Å². The first-order valence-electron chi connectivity index (χ1n) is 23.2. The summed E-state index contributed by atoms with van der Waals surface area (Å²) in [5.41, 5.74) is 2.08. The van der Waals surface area contributed by atoms with Crippen LogP contribution in [0.4, 0.5) is 0 Å². The molecule has 1 nitrogen and oxygen atoms in total. The van der Waals surface area contributed by atoms with Crippen molar-refractivity contribution < 1.29 is 4.74 Å². The molecule has 0 fully saturated rings. The van der Waals surface area contributed by atoms with E-state index in [-0.39, 0.29) is 5.41 Å². The Balaban J connectivity index is 1.12. The van der Waals surface area contributed by atoms with Crippen molar-refractivity contribution in [2.24, 2.45) is 0 Å². The van der Waals surface area contributed by atoms with Crippen LogP contribution in [0.15, 0.2) is 267 Å². The predicted octanol–water partition coefficient (Wildman–Crippen LogP) is 11.2. The summed E-state index contributed by atoms with van der Waals surface area (Å²) in [6.45, 7) is 4.79. The van der Waals surface area contributed by atoms with Crippen molar-refractivity contribution >= 4 is 95.3 Å². The number of fused-ring (bicyclic) bond motifs is 2. The largest absolute Gasteiger partial charge is 0.455 e. The van der Waals surface area contributed by atoms with Crippen molar-refractivity contribution in [2.45, 2.75) is 19.3 Å². The van der Waals surface area contributed by atoms with Crippen LogP contribution in [0.2, 0.25) is 0 Å². The molecule has 0 bridgehead atoms. The zero-order valence-corrected chi connectivity index (χ0v) is 41.7. The van der Waals surface area contributed by atoms with E-state index in [1.165, 1.54) is 74.8 Å². The second-order valence-corrected chi connectivity index (χ2v) is 26.0. The third kappa shape index (κ3) is 8.49. The van der Waals surface area contributed by atoms with Gasteiger partial charge in [-0.25, -0.2) is 0 Å². The average Bonchev–Trinajstić information content (AvgIpc) is 3.40. The molecule has 5 heteroatoms. The fourth-order valence-corrected chi connectivity index (χ4v) is 20.4. The van der Waals surface area contributed by atoms with E-state index in [1.54, 1.807) is 0 Å². The van der Waals surface area contributed by atoms with Gasteiger partial charge in [0.1, 0.15) is 11.5 Å². The summed E-state index contributed by atoms with van der Waals surface area (Å²) >= 11 is 0. The molecule has 0 saturated heterocycles. The highest BCUT2D eigenvalue weighted by atomic mass is 31.1. The van der Waals surface area contributed by atoms with Crippen LogP contribution < -0.4 is 68.4 Å². The standard InChI is InChI=1S/C63H50OP4/c1-63(2)53-39-25-45-59(67(51-35-17-7-18-36-51)57-43-23-21-41-55(57)65(47-27-9-3-10-28-47)48-29-11-4-12-30-48)61(53)64-62-54(63)40-26-46-60(62)68(52-37-19-8-20-38-52)58-44-24-22-42-56(58)66(49-31-13-5-14-32-49)50-33-15-6-16-34-50/h3-46H,1-2H3. The smallest absolute Gasteiger partial charge is 0.139 e. The lowest BCUT2D eigenvalue weighted by atomic mass is 9.76. The van der Waals surface area contributed by atoms with Gasteiger partial charge in [0.25, 0.3) is 0 Å². The molecule has 2 unspecified atom stereocenters. The van der Waals surface area contributed by atoms with E-state index in [2.05, 4.69) is 281 Å². The summed E-state index contributed by atoms with van der Waals surface area (Å²) in [7, 11) is -3.97. The second-order valence-electron chi connectivity index (χ2n) is 17.4. The highest BCUT2D eigenvalue weighted by Crippen LogP contribution is 2.53. The molecule has 10 aromatic carbocycles. The molecule has 1 heterocycles. The van der Waals surface area contributed by atoms with Crippen LogP contribution in [0, 0.1) is 0 Å². The molecule has 1 aliphatic heterocycles. The first kappa shape index (κ1) is 44.2. The molecule has 0 N–H and O–H groups in total. The monoisotopic (exact) mass is 946 g/mol. The lowest BCUT2D eigenvalue weighted by Crippen LogP contribution is -2.37. The molecule has 0 spiro atoms. The van der Waals surface area contributed by atoms with Gasteiger partial charge in [-0.15, -0.1) is 0 Å². The molecule has 68 heavy (non-hydrogen) atoms. The molecule has 328 valence electrons. The highest BCUT2D eigenvalue weighted by Gasteiger charge is 2.40.